The number of nitrogens with zero attached hydrogens (tertiary/aromatic N) is 1. The average molecular weight is 403 g/mol. The number of ether oxygens (including phenoxy) is 1. The minimum atomic E-state index is -0.308. The van der Waals surface area contributed by atoms with Crippen LogP contribution < -0.4 is 5.32 Å². The summed E-state index contributed by atoms with van der Waals surface area (Å²) in [4.78, 5) is 15.1. The van der Waals surface area contributed by atoms with Crippen molar-refractivity contribution in [2.24, 2.45) is 0 Å². The Morgan fingerprint density at radius 2 is 1.47 bits per heavy atom. The summed E-state index contributed by atoms with van der Waals surface area (Å²) in [5.41, 5.74) is 4.31. The lowest BCUT2D eigenvalue weighted by molar-refractivity contribution is -0.126. The second-order valence-corrected chi connectivity index (χ2v) is 7.35. The van der Waals surface area contributed by atoms with E-state index in [-0.39, 0.29) is 11.9 Å². The fourth-order valence-corrected chi connectivity index (χ4v) is 3.43. The van der Waals surface area contributed by atoms with Gasteiger partial charge in [0.15, 0.2) is 0 Å². The fraction of sp³-hybridized carbons (Fsp3) is 0.269. The smallest absolute Gasteiger partial charge is 0.242 e. The van der Waals surface area contributed by atoms with E-state index in [9.17, 15) is 4.79 Å². The van der Waals surface area contributed by atoms with E-state index in [0.29, 0.717) is 19.8 Å². The maximum Gasteiger partial charge on any atom is 0.242 e. The minimum Gasteiger partial charge on any atom is -0.372 e. The highest BCUT2D eigenvalue weighted by molar-refractivity contribution is 5.83. The third-order valence-corrected chi connectivity index (χ3v) is 5.24. The van der Waals surface area contributed by atoms with Gasteiger partial charge in [0, 0.05) is 6.54 Å². The van der Waals surface area contributed by atoms with Gasteiger partial charge in [0.05, 0.1) is 13.2 Å². The summed E-state index contributed by atoms with van der Waals surface area (Å²) in [7, 11) is 1.97. The maximum atomic E-state index is 13.0. The molecule has 156 valence electrons. The van der Waals surface area contributed by atoms with Crippen molar-refractivity contribution in [2.45, 2.75) is 32.7 Å². The number of nitrogens with one attached hydrogen (secondary N) is 1. The Balaban J connectivity index is 1.62. The van der Waals surface area contributed by atoms with E-state index < -0.39 is 0 Å². The Bertz CT molecular complexity index is 913. The number of carbonyl (C=O) groups excluding carboxylic acids is 1. The van der Waals surface area contributed by atoms with Crippen LogP contribution in [0.2, 0.25) is 0 Å². The van der Waals surface area contributed by atoms with Gasteiger partial charge >= 0.3 is 0 Å². The van der Waals surface area contributed by atoms with Gasteiger partial charge in [-0.1, -0.05) is 91.9 Å². The van der Waals surface area contributed by atoms with Gasteiger partial charge < -0.3 is 10.1 Å². The number of hydrogen-bond acceptors (Lipinski definition) is 3. The first-order chi connectivity index (χ1) is 14.7. The van der Waals surface area contributed by atoms with Crippen LogP contribution >= 0.6 is 0 Å². The molecule has 3 rings (SSSR count). The van der Waals surface area contributed by atoms with Crippen molar-refractivity contribution in [1.29, 1.82) is 0 Å². The molecule has 0 spiro atoms. The highest BCUT2D eigenvalue weighted by Gasteiger charge is 2.23. The Kier molecular flexibility index (Phi) is 8.19. The monoisotopic (exact) mass is 402 g/mol. The summed E-state index contributed by atoms with van der Waals surface area (Å²) in [6.45, 7) is 4.40. The van der Waals surface area contributed by atoms with Crippen LogP contribution in [0.1, 0.15) is 35.2 Å². The molecule has 0 fully saturated rings. The van der Waals surface area contributed by atoms with E-state index in [1.165, 1.54) is 0 Å². The first-order valence-corrected chi connectivity index (χ1v) is 10.4. The van der Waals surface area contributed by atoms with Crippen LogP contribution in [0.25, 0.3) is 0 Å². The van der Waals surface area contributed by atoms with Crippen LogP contribution in [0.15, 0.2) is 84.9 Å². The third-order valence-electron chi connectivity index (χ3n) is 5.24. The molecule has 0 aliphatic heterocycles. The molecule has 4 heteroatoms. The van der Waals surface area contributed by atoms with Gasteiger partial charge in [-0.25, -0.2) is 0 Å². The molecule has 0 radical (unpaired) electrons. The number of amides is 1. The second-order valence-electron chi connectivity index (χ2n) is 7.35. The number of carbonyl (C=O) groups is 1. The van der Waals surface area contributed by atoms with Crippen molar-refractivity contribution >= 4 is 5.91 Å². The zero-order valence-corrected chi connectivity index (χ0v) is 17.8. The molecule has 0 aliphatic carbocycles. The number of hydrogen-bond donors (Lipinski definition) is 1. The quantitative estimate of drug-likeness (QED) is 0.534. The van der Waals surface area contributed by atoms with E-state index in [0.717, 1.165) is 28.8 Å². The zero-order chi connectivity index (χ0) is 21.2. The Morgan fingerprint density at radius 1 is 0.867 bits per heavy atom. The van der Waals surface area contributed by atoms with Crippen molar-refractivity contribution in [3.05, 3.63) is 107 Å². The second kappa shape index (κ2) is 11.3. The third kappa shape index (κ3) is 6.02. The largest absolute Gasteiger partial charge is 0.372 e. The Hall–Kier alpha value is -2.95. The van der Waals surface area contributed by atoms with Crippen LogP contribution in [-0.4, -0.2) is 24.4 Å². The topological polar surface area (TPSA) is 41.6 Å². The molecule has 3 aromatic carbocycles. The highest BCUT2D eigenvalue weighted by atomic mass is 16.5. The van der Waals surface area contributed by atoms with Crippen LogP contribution in [0.3, 0.4) is 0 Å². The molecule has 0 saturated carbocycles. The van der Waals surface area contributed by atoms with Crippen LogP contribution in [0.4, 0.5) is 0 Å². The van der Waals surface area contributed by atoms with Gasteiger partial charge in [0.25, 0.3) is 0 Å². The van der Waals surface area contributed by atoms with Crippen molar-refractivity contribution in [1.82, 2.24) is 10.2 Å². The lowest BCUT2D eigenvalue weighted by Gasteiger charge is -2.26. The standard InChI is InChI=1S/C26H30N2O2/c1-3-28(2)25(22-14-8-5-9-15-22)26(29)27-18-23-16-10-11-17-24(23)20-30-19-21-12-6-4-7-13-21/h4-17,25H,3,18-20H2,1-2H3,(H,27,29). The molecular weight excluding hydrogens is 372 g/mol. The summed E-state index contributed by atoms with van der Waals surface area (Å²) in [5, 5.41) is 3.13. The average Bonchev–Trinajstić information content (AvgIpc) is 2.80. The minimum absolute atomic E-state index is 0.00515. The normalized spacial score (nSPS) is 12.0. The number of likely N-dealkylation sites (N-methyl/N-ethyl adjacent to an activating group) is 1. The van der Waals surface area contributed by atoms with Crippen LogP contribution in [0.5, 0.6) is 0 Å². The molecule has 1 amide bonds. The lowest BCUT2D eigenvalue weighted by atomic mass is 10.0. The van der Waals surface area contributed by atoms with Gasteiger partial charge in [-0.3, -0.25) is 9.69 Å². The van der Waals surface area contributed by atoms with Gasteiger partial charge in [-0.15, -0.1) is 0 Å². The van der Waals surface area contributed by atoms with Gasteiger partial charge in [0.1, 0.15) is 6.04 Å². The zero-order valence-electron chi connectivity index (χ0n) is 17.8. The summed E-state index contributed by atoms with van der Waals surface area (Å²) < 4.78 is 5.90. The van der Waals surface area contributed by atoms with Gasteiger partial charge in [-0.05, 0) is 35.8 Å². The van der Waals surface area contributed by atoms with Crippen molar-refractivity contribution in [3.63, 3.8) is 0 Å². The van der Waals surface area contributed by atoms with Crippen molar-refractivity contribution in [2.75, 3.05) is 13.6 Å². The first kappa shape index (κ1) is 21.8. The van der Waals surface area contributed by atoms with Crippen LogP contribution in [-0.2, 0) is 29.3 Å². The summed E-state index contributed by atoms with van der Waals surface area (Å²) in [6.07, 6.45) is 0. The molecule has 0 aliphatic rings. The fourth-order valence-electron chi connectivity index (χ4n) is 3.43. The predicted molar refractivity (Wildman–Crippen MR) is 121 cm³/mol. The molecule has 4 nitrogen and oxygen atoms in total. The van der Waals surface area contributed by atoms with Gasteiger partial charge in [-0.2, -0.15) is 0 Å². The molecule has 30 heavy (non-hydrogen) atoms. The number of benzene rings is 3. The molecule has 1 unspecified atom stereocenters. The molecule has 0 bridgehead atoms. The van der Waals surface area contributed by atoms with Crippen molar-refractivity contribution < 1.29 is 9.53 Å². The molecule has 0 heterocycles. The SMILES string of the molecule is CCN(C)C(C(=O)NCc1ccccc1COCc1ccccc1)c1ccccc1. The van der Waals surface area contributed by atoms with E-state index in [2.05, 4.69) is 35.3 Å². The molecular formula is C26H30N2O2. The van der Waals surface area contributed by atoms with E-state index in [1.807, 2.05) is 73.8 Å². The molecule has 1 atom stereocenters. The summed E-state index contributed by atoms with van der Waals surface area (Å²) in [5.74, 6) is 0.00515. The Morgan fingerprint density at radius 3 is 2.13 bits per heavy atom. The van der Waals surface area contributed by atoms with E-state index >= 15 is 0 Å². The summed E-state index contributed by atoms with van der Waals surface area (Å²) in [6, 6.07) is 27.8. The van der Waals surface area contributed by atoms with Crippen LogP contribution in [0, 0.1) is 0 Å². The first-order valence-electron chi connectivity index (χ1n) is 10.4. The highest BCUT2D eigenvalue weighted by Crippen LogP contribution is 2.20. The van der Waals surface area contributed by atoms with Crippen molar-refractivity contribution in [3.8, 4) is 0 Å². The molecule has 3 aromatic rings. The summed E-state index contributed by atoms with van der Waals surface area (Å²) >= 11 is 0. The molecule has 0 aromatic heterocycles. The number of rotatable bonds is 10. The predicted octanol–water partition coefficient (Wildman–Crippen LogP) is 4.71. The lowest BCUT2D eigenvalue weighted by Crippen LogP contribution is -2.38. The van der Waals surface area contributed by atoms with E-state index in [1.54, 1.807) is 0 Å². The van der Waals surface area contributed by atoms with E-state index in [4.69, 9.17) is 4.74 Å². The molecule has 1 N–H and O–H groups in total. The maximum absolute atomic E-state index is 13.0. The Labute approximate surface area is 179 Å². The van der Waals surface area contributed by atoms with Gasteiger partial charge in [0.2, 0.25) is 5.91 Å². The molecule has 0 saturated heterocycles.